The van der Waals surface area contributed by atoms with Crippen LogP contribution in [-0.4, -0.2) is 18.1 Å². The lowest BCUT2D eigenvalue weighted by atomic mass is 9.94. The van der Waals surface area contributed by atoms with Crippen molar-refractivity contribution in [3.8, 4) is 5.75 Å². The lowest BCUT2D eigenvalue weighted by molar-refractivity contribution is -0.274. The highest BCUT2D eigenvalue weighted by Gasteiger charge is 2.33. The van der Waals surface area contributed by atoms with E-state index in [9.17, 15) is 18.0 Å². The molecule has 3 rings (SSSR count). The van der Waals surface area contributed by atoms with E-state index in [1.807, 2.05) is 0 Å². The van der Waals surface area contributed by atoms with Crippen molar-refractivity contribution in [2.45, 2.75) is 38.6 Å². The van der Waals surface area contributed by atoms with Crippen molar-refractivity contribution in [3.05, 3.63) is 41.8 Å². The Morgan fingerprint density at radius 2 is 1.92 bits per heavy atom. The van der Waals surface area contributed by atoms with Crippen molar-refractivity contribution in [1.29, 1.82) is 0 Å². The van der Waals surface area contributed by atoms with Gasteiger partial charge in [0.2, 0.25) is 0 Å². The number of carbonyl (C=O) groups is 1. The van der Waals surface area contributed by atoms with Crippen LogP contribution >= 0.6 is 0 Å². The van der Waals surface area contributed by atoms with Crippen LogP contribution in [0, 0.1) is 5.92 Å². The van der Waals surface area contributed by atoms with E-state index < -0.39 is 17.8 Å². The maximum atomic E-state index is 12.5. The van der Waals surface area contributed by atoms with Crippen LogP contribution in [-0.2, 0) is 15.2 Å². The molecular formula is C17H18F3N3O3. The molecule has 1 aliphatic carbocycles. The molecule has 1 aromatic carbocycles. The topological polar surface area (TPSA) is 72.0 Å². The van der Waals surface area contributed by atoms with E-state index in [0.717, 1.165) is 12.8 Å². The fourth-order valence-corrected chi connectivity index (χ4v) is 2.45. The number of aliphatic imine (C=N–C) groups is 1. The lowest BCUT2D eigenvalue weighted by Gasteiger charge is -2.27. The van der Waals surface area contributed by atoms with Gasteiger partial charge in [-0.2, -0.15) is 0 Å². The van der Waals surface area contributed by atoms with Gasteiger partial charge in [-0.15, -0.1) is 13.2 Å². The second-order valence-corrected chi connectivity index (χ2v) is 6.65. The maximum absolute atomic E-state index is 12.5. The Morgan fingerprint density at radius 1 is 1.27 bits per heavy atom. The van der Waals surface area contributed by atoms with Gasteiger partial charge in [-0.05, 0) is 44.4 Å². The lowest BCUT2D eigenvalue weighted by Crippen LogP contribution is -2.42. The van der Waals surface area contributed by atoms with Crippen molar-refractivity contribution in [3.63, 3.8) is 0 Å². The molecule has 1 fully saturated rings. The van der Waals surface area contributed by atoms with Crippen LogP contribution in [0.1, 0.15) is 32.3 Å². The summed E-state index contributed by atoms with van der Waals surface area (Å²) in [5.41, 5.74) is 2.58. The molecular weight excluding hydrogens is 351 g/mol. The molecule has 9 heteroatoms. The molecule has 26 heavy (non-hydrogen) atoms. The standard InChI is InChI=1S/C17H18F3N3O3/c1-16(2,11-5-7-12(8-6-11)26-17(18,19)20)22-15(24)13-9-25-23-14(21-13)10-3-4-10/h5-10H,3-4H2,1-2H3,(H,21,23)(H,22,24). The summed E-state index contributed by atoms with van der Waals surface area (Å²) in [5.74, 6) is 0.159. The van der Waals surface area contributed by atoms with Crippen LogP contribution in [0.15, 0.2) is 41.2 Å². The van der Waals surface area contributed by atoms with E-state index in [2.05, 4.69) is 20.5 Å². The number of ether oxygens (including phenoxy) is 1. The molecule has 1 aromatic rings. The van der Waals surface area contributed by atoms with E-state index >= 15 is 0 Å². The van der Waals surface area contributed by atoms with E-state index in [1.165, 1.54) is 30.5 Å². The monoisotopic (exact) mass is 369 g/mol. The number of halogens is 3. The summed E-state index contributed by atoms with van der Waals surface area (Å²) in [5, 5.41) is 2.80. The number of hydroxylamine groups is 1. The number of nitrogens with one attached hydrogen (secondary N) is 2. The highest BCUT2D eigenvalue weighted by Crippen LogP contribution is 2.31. The number of rotatable bonds is 5. The number of alkyl halides is 3. The molecule has 0 radical (unpaired) electrons. The van der Waals surface area contributed by atoms with Crippen LogP contribution in [0.5, 0.6) is 5.75 Å². The third-order valence-electron chi connectivity index (χ3n) is 4.01. The second kappa shape index (κ2) is 6.54. The minimum atomic E-state index is -4.75. The van der Waals surface area contributed by atoms with Gasteiger partial charge < -0.3 is 14.9 Å². The third kappa shape index (κ3) is 4.47. The van der Waals surface area contributed by atoms with Crippen LogP contribution < -0.4 is 15.5 Å². The SMILES string of the molecule is CC(C)(NC(=O)C1=CONC(C2CC2)=N1)c1ccc(OC(F)(F)F)cc1. The first-order chi connectivity index (χ1) is 12.1. The Bertz CT molecular complexity index is 751. The van der Waals surface area contributed by atoms with Gasteiger partial charge in [-0.25, -0.2) is 10.5 Å². The van der Waals surface area contributed by atoms with Gasteiger partial charge >= 0.3 is 6.36 Å². The quantitative estimate of drug-likeness (QED) is 0.837. The summed E-state index contributed by atoms with van der Waals surface area (Å²) in [4.78, 5) is 21.8. The molecule has 2 aliphatic rings. The van der Waals surface area contributed by atoms with Gasteiger partial charge in [0.25, 0.3) is 5.91 Å². The van der Waals surface area contributed by atoms with E-state index in [1.54, 1.807) is 13.8 Å². The average molecular weight is 369 g/mol. The molecule has 1 amide bonds. The molecule has 1 heterocycles. The molecule has 0 atom stereocenters. The van der Waals surface area contributed by atoms with Gasteiger partial charge in [0.15, 0.2) is 12.0 Å². The summed E-state index contributed by atoms with van der Waals surface area (Å²) in [6, 6.07) is 5.33. The number of amides is 1. The molecule has 0 unspecified atom stereocenters. The number of benzene rings is 1. The average Bonchev–Trinajstić information content (AvgIpc) is 3.38. The minimum absolute atomic E-state index is 0.135. The molecule has 2 N–H and O–H groups in total. The van der Waals surface area contributed by atoms with Crippen molar-refractivity contribution in [2.75, 3.05) is 0 Å². The van der Waals surface area contributed by atoms with E-state index in [-0.39, 0.29) is 11.4 Å². The normalized spacial score (nSPS) is 17.4. The fourth-order valence-electron chi connectivity index (χ4n) is 2.45. The number of nitrogens with zero attached hydrogens (tertiary/aromatic N) is 1. The fraction of sp³-hybridized carbons (Fsp3) is 0.412. The van der Waals surface area contributed by atoms with Gasteiger partial charge in [-0.1, -0.05) is 12.1 Å². The molecule has 0 aromatic heterocycles. The number of hydrogen-bond donors (Lipinski definition) is 2. The first-order valence-corrected chi connectivity index (χ1v) is 8.03. The third-order valence-corrected chi connectivity index (χ3v) is 4.01. The molecule has 140 valence electrons. The van der Waals surface area contributed by atoms with Crippen molar-refractivity contribution in [2.24, 2.45) is 10.9 Å². The smallest absolute Gasteiger partial charge is 0.406 e. The highest BCUT2D eigenvalue weighted by molar-refractivity contribution is 5.98. The predicted octanol–water partition coefficient (Wildman–Crippen LogP) is 3.12. The number of amidine groups is 1. The Morgan fingerprint density at radius 3 is 2.50 bits per heavy atom. The van der Waals surface area contributed by atoms with Crippen molar-refractivity contribution < 1.29 is 27.5 Å². The second-order valence-electron chi connectivity index (χ2n) is 6.65. The first kappa shape index (κ1) is 18.1. The van der Waals surface area contributed by atoms with Gasteiger partial charge in [0, 0.05) is 5.92 Å². The molecule has 1 saturated carbocycles. The number of hydrogen-bond acceptors (Lipinski definition) is 5. The summed E-state index contributed by atoms with van der Waals surface area (Å²) >= 11 is 0. The Hall–Kier alpha value is -2.71. The molecule has 1 aliphatic heterocycles. The molecule has 0 spiro atoms. The molecule has 0 bridgehead atoms. The minimum Gasteiger partial charge on any atom is -0.406 e. The maximum Gasteiger partial charge on any atom is 0.573 e. The zero-order valence-electron chi connectivity index (χ0n) is 14.2. The van der Waals surface area contributed by atoms with Gasteiger partial charge in [-0.3, -0.25) is 4.79 Å². The van der Waals surface area contributed by atoms with Crippen LogP contribution in [0.2, 0.25) is 0 Å². The summed E-state index contributed by atoms with van der Waals surface area (Å²) in [6.45, 7) is 3.47. The van der Waals surface area contributed by atoms with Crippen LogP contribution in [0.4, 0.5) is 13.2 Å². The highest BCUT2D eigenvalue weighted by atomic mass is 19.4. The molecule has 0 saturated heterocycles. The Kier molecular flexibility index (Phi) is 4.55. The summed E-state index contributed by atoms with van der Waals surface area (Å²) in [7, 11) is 0. The molecule has 6 nitrogen and oxygen atoms in total. The van der Waals surface area contributed by atoms with Gasteiger partial charge in [0.05, 0.1) is 5.54 Å². The Balaban J connectivity index is 1.68. The number of carbonyl (C=O) groups excluding carboxylic acids is 1. The zero-order valence-corrected chi connectivity index (χ0v) is 14.2. The van der Waals surface area contributed by atoms with Crippen LogP contribution in [0.3, 0.4) is 0 Å². The summed E-state index contributed by atoms with van der Waals surface area (Å²) < 4.78 is 40.5. The van der Waals surface area contributed by atoms with Crippen LogP contribution in [0.25, 0.3) is 0 Å². The largest absolute Gasteiger partial charge is 0.573 e. The Labute approximate surface area is 148 Å². The zero-order chi connectivity index (χ0) is 18.9. The van der Waals surface area contributed by atoms with E-state index in [4.69, 9.17) is 4.84 Å². The van der Waals surface area contributed by atoms with Gasteiger partial charge in [0.1, 0.15) is 11.6 Å². The predicted molar refractivity (Wildman–Crippen MR) is 86.8 cm³/mol. The van der Waals surface area contributed by atoms with E-state index in [0.29, 0.717) is 17.3 Å². The first-order valence-electron chi connectivity index (χ1n) is 8.03. The summed E-state index contributed by atoms with van der Waals surface area (Å²) in [6.07, 6.45) is -1.52. The van der Waals surface area contributed by atoms with Crippen molar-refractivity contribution >= 4 is 11.7 Å². The van der Waals surface area contributed by atoms with Crippen molar-refractivity contribution in [1.82, 2.24) is 10.8 Å².